The maximum atomic E-state index is 15.1. The minimum atomic E-state index is -1.35. The van der Waals surface area contributed by atoms with E-state index >= 15 is 4.79 Å². The van der Waals surface area contributed by atoms with Gasteiger partial charge in [-0.3, -0.25) is 33.7 Å². The molecule has 2 fully saturated rings. The fourth-order valence-corrected chi connectivity index (χ4v) is 14.4. The monoisotopic (exact) mass is 1130 g/mol. The number of amides is 2. The van der Waals surface area contributed by atoms with Crippen LogP contribution >= 0.6 is 0 Å². The maximum Gasteiger partial charge on any atom is 0.303 e. The van der Waals surface area contributed by atoms with E-state index in [1.807, 2.05) is 4.90 Å². The van der Waals surface area contributed by atoms with Crippen molar-refractivity contribution >= 4 is 47.1 Å². The highest BCUT2D eigenvalue weighted by atomic mass is 16.7. The van der Waals surface area contributed by atoms with Crippen LogP contribution in [0.4, 0.5) is 11.4 Å². The summed E-state index contributed by atoms with van der Waals surface area (Å²) in [6.07, 6.45) is 9.68. The normalized spacial score (nSPS) is 24.0. The lowest BCUT2D eigenvalue weighted by atomic mass is 9.68. The molecule has 82 heavy (non-hydrogen) atoms. The van der Waals surface area contributed by atoms with E-state index < -0.39 is 60.1 Å². The second-order valence-corrected chi connectivity index (χ2v) is 22.9. The molecule has 2 saturated heterocycles. The lowest BCUT2D eigenvalue weighted by molar-refractivity contribution is -0.270. The minimum Gasteiger partial charge on any atom is -0.463 e. The summed E-state index contributed by atoms with van der Waals surface area (Å²) in [7, 11) is 0. The first-order chi connectivity index (χ1) is 39.8. The van der Waals surface area contributed by atoms with Crippen molar-refractivity contribution < 1.29 is 66.7 Å². The Balaban J connectivity index is 0.663. The molecule has 0 radical (unpaired) electrons. The van der Waals surface area contributed by atoms with Crippen molar-refractivity contribution in [2.45, 2.75) is 141 Å². The number of ether oxygens (including phenoxy) is 8. The van der Waals surface area contributed by atoms with Crippen LogP contribution in [0.5, 0.6) is 11.5 Å². The van der Waals surface area contributed by atoms with Crippen LogP contribution in [0.1, 0.15) is 118 Å². The van der Waals surface area contributed by atoms with E-state index in [-0.39, 0.29) is 31.4 Å². The third kappa shape index (κ3) is 10.4. The molecule has 438 valence electrons. The predicted octanol–water partition coefficient (Wildman–Crippen LogP) is 4.54. The molecule has 12 rings (SSSR count). The molecule has 0 saturated carbocycles. The summed E-state index contributed by atoms with van der Waals surface area (Å²) in [6.45, 7) is 12.6. The van der Waals surface area contributed by atoms with E-state index in [1.54, 1.807) is 6.20 Å². The van der Waals surface area contributed by atoms with Crippen molar-refractivity contribution in [2.24, 2.45) is 0 Å². The van der Waals surface area contributed by atoms with Crippen molar-refractivity contribution in [2.75, 3.05) is 102 Å². The summed E-state index contributed by atoms with van der Waals surface area (Å²) in [5, 5.41) is 8.60. The van der Waals surface area contributed by atoms with Crippen LogP contribution in [0.3, 0.4) is 0 Å². The largest absolute Gasteiger partial charge is 0.463 e. The van der Waals surface area contributed by atoms with E-state index in [0.717, 1.165) is 132 Å². The lowest BCUT2D eigenvalue weighted by Gasteiger charge is -2.50. The number of fused-ring (bicyclic) bond motifs is 7. The Labute approximate surface area is 476 Å². The van der Waals surface area contributed by atoms with Crippen molar-refractivity contribution in [3.8, 4) is 11.5 Å². The van der Waals surface area contributed by atoms with Crippen LogP contribution in [-0.2, 0) is 99.7 Å². The topological polar surface area (TPSA) is 223 Å². The molecule has 3 aromatic rings. The van der Waals surface area contributed by atoms with Gasteiger partial charge in [-0.05, 0) is 93.0 Å². The molecular formula is C60H74N8O14. The van der Waals surface area contributed by atoms with Gasteiger partial charge in [-0.15, -0.1) is 5.10 Å². The van der Waals surface area contributed by atoms with E-state index in [4.69, 9.17) is 37.9 Å². The average Bonchev–Trinajstić information content (AvgIpc) is 1.49. The zero-order valence-corrected chi connectivity index (χ0v) is 47.5. The lowest BCUT2D eigenvalue weighted by Crippen LogP contribution is -2.60. The summed E-state index contributed by atoms with van der Waals surface area (Å²) in [6, 6.07) is 4.85. The molecule has 22 nitrogen and oxygen atoms in total. The molecule has 22 heteroatoms. The molecule has 0 bridgehead atoms. The average molecular weight is 1130 g/mol. The third-order valence-electron chi connectivity index (χ3n) is 17.6. The number of rotatable bonds is 17. The van der Waals surface area contributed by atoms with E-state index in [9.17, 15) is 24.0 Å². The number of carbonyl (C=O) groups excluding carboxylic acids is 6. The highest BCUT2D eigenvalue weighted by Crippen LogP contribution is 2.64. The van der Waals surface area contributed by atoms with Crippen LogP contribution in [0.25, 0.3) is 0 Å². The SMILES string of the molecule is CC(=O)OCC1O[C@H](n2cc(CN3CCN(C(=O)CCOCCOCCN4C(=O)C5=C(CCC=C5)C45c4cc6c7c(c4Oc4c5cc5c8c4CCCN8CCC5)CCCN7CCC6)CC3)nn2)C(OC(C)=O)C(OC(C)=O)[C@H]1OC(C)=O. The van der Waals surface area contributed by atoms with Gasteiger partial charge in [0.15, 0.2) is 24.5 Å². The van der Waals surface area contributed by atoms with Crippen LogP contribution in [-0.4, -0.2) is 182 Å². The number of esters is 4. The number of aromatic nitrogens is 3. The van der Waals surface area contributed by atoms with Gasteiger partial charge in [0.05, 0.1) is 44.7 Å². The summed E-state index contributed by atoms with van der Waals surface area (Å²) in [5.41, 5.74) is 12.0. The molecule has 1 spiro atoms. The van der Waals surface area contributed by atoms with Crippen molar-refractivity contribution in [1.82, 2.24) is 29.7 Å². The zero-order valence-electron chi connectivity index (χ0n) is 47.5. The van der Waals surface area contributed by atoms with Gasteiger partial charge < -0.3 is 57.5 Å². The van der Waals surface area contributed by atoms with Gasteiger partial charge in [0.1, 0.15) is 29.7 Å². The Kier molecular flexibility index (Phi) is 15.9. The number of nitrogens with zero attached hydrogens (tertiary/aromatic N) is 8. The second kappa shape index (κ2) is 23.4. The molecule has 0 N–H and O–H groups in total. The van der Waals surface area contributed by atoms with Gasteiger partial charge in [-0.2, -0.15) is 0 Å². The molecule has 9 aliphatic rings. The number of piperazine rings is 1. The number of anilines is 2. The van der Waals surface area contributed by atoms with Gasteiger partial charge in [-0.1, -0.05) is 17.4 Å². The first-order valence-electron chi connectivity index (χ1n) is 29.4. The summed E-state index contributed by atoms with van der Waals surface area (Å²) in [4.78, 5) is 88.5. The Bertz CT molecular complexity index is 3010. The Morgan fingerprint density at radius 1 is 0.683 bits per heavy atom. The fourth-order valence-electron chi connectivity index (χ4n) is 14.4. The highest BCUT2D eigenvalue weighted by molar-refractivity contribution is 6.03. The highest BCUT2D eigenvalue weighted by Gasteiger charge is 2.59. The first-order valence-corrected chi connectivity index (χ1v) is 29.4. The summed E-state index contributed by atoms with van der Waals surface area (Å²) < 4.78 is 49.2. The number of hydrogen-bond acceptors (Lipinski definition) is 19. The molecule has 5 atom stereocenters. The number of aryl methyl sites for hydroxylation is 2. The van der Waals surface area contributed by atoms with Crippen LogP contribution in [0, 0.1) is 0 Å². The van der Waals surface area contributed by atoms with Gasteiger partial charge in [-0.25, -0.2) is 4.68 Å². The molecule has 8 aliphatic heterocycles. The number of allylic oxidation sites excluding steroid dienone is 1. The second-order valence-electron chi connectivity index (χ2n) is 22.9. The number of hydrogen-bond donors (Lipinski definition) is 0. The molecule has 2 amide bonds. The summed E-state index contributed by atoms with van der Waals surface area (Å²) in [5.74, 6) is -0.853. The van der Waals surface area contributed by atoms with Crippen LogP contribution in [0.15, 0.2) is 41.6 Å². The van der Waals surface area contributed by atoms with Crippen molar-refractivity contribution in [1.29, 1.82) is 0 Å². The minimum absolute atomic E-state index is 0.0122. The van der Waals surface area contributed by atoms with Crippen LogP contribution in [0.2, 0.25) is 0 Å². The smallest absolute Gasteiger partial charge is 0.303 e. The maximum absolute atomic E-state index is 15.1. The van der Waals surface area contributed by atoms with Gasteiger partial charge in [0, 0.05) is 132 Å². The van der Waals surface area contributed by atoms with Gasteiger partial charge >= 0.3 is 23.9 Å². The molecule has 3 unspecified atom stereocenters. The van der Waals surface area contributed by atoms with E-state index in [2.05, 4.69) is 54.2 Å². The quantitative estimate of drug-likeness (QED) is 0.103. The summed E-state index contributed by atoms with van der Waals surface area (Å²) >= 11 is 0. The standard InChI is InChI=1S/C60H74N8O14/c1-36(69)77-35-49-55(78-37(2)70)56(79-38(3)71)57(80-39(4)72)59(81-49)68-34-42(61-62-68)33-63-22-24-64(25-23-63)50(73)17-27-75-29-30-76-28-26-67-58(74)43-13-5-6-16-46(43)60(67)47-31-40-11-7-18-65-20-9-14-44(51(40)65)53(47)82-54-45-15-10-21-66-19-8-12-41(52(45)66)32-48(54)60/h5,13,31-32,34,49,55-57,59H,6-12,14-30,33,35H2,1-4H3/t49?,55-,56?,57?,59-/m0/s1. The third-order valence-corrected chi connectivity index (χ3v) is 17.6. The van der Waals surface area contributed by atoms with Gasteiger partial charge in [0.2, 0.25) is 5.91 Å². The van der Waals surface area contributed by atoms with Crippen LogP contribution < -0.4 is 14.5 Å². The Morgan fingerprint density at radius 3 is 1.90 bits per heavy atom. The fraction of sp³-hybridized carbons (Fsp3) is 0.600. The molecule has 9 heterocycles. The Hall–Kier alpha value is -6.88. The predicted molar refractivity (Wildman–Crippen MR) is 294 cm³/mol. The Morgan fingerprint density at radius 2 is 1.28 bits per heavy atom. The van der Waals surface area contributed by atoms with E-state index in [1.165, 1.54) is 57.7 Å². The molecule has 1 aromatic heterocycles. The first kappa shape index (κ1) is 55.6. The van der Waals surface area contributed by atoms with Crippen molar-refractivity contribution in [3.63, 3.8) is 0 Å². The zero-order chi connectivity index (χ0) is 56.8. The molecular weight excluding hydrogens is 1060 g/mol. The molecule has 2 aromatic carbocycles. The van der Waals surface area contributed by atoms with Gasteiger partial charge in [0.25, 0.3) is 5.91 Å². The van der Waals surface area contributed by atoms with Crippen molar-refractivity contribution in [3.05, 3.63) is 80.7 Å². The van der Waals surface area contributed by atoms with E-state index in [0.29, 0.717) is 64.8 Å². The molecule has 1 aliphatic carbocycles. The number of carbonyl (C=O) groups is 6. The number of benzene rings is 2.